The first-order chi connectivity index (χ1) is 14.6. The second kappa shape index (κ2) is 8.78. The molecule has 1 amide bonds. The fraction of sp³-hybridized carbons (Fsp3) is 0.304. The number of rotatable bonds is 5. The number of hydrogen-bond donors (Lipinski definition) is 0. The number of carbonyl (C=O) groups is 1. The minimum atomic E-state index is 0.174. The molecule has 0 unspecified atom stereocenters. The van der Waals surface area contributed by atoms with Gasteiger partial charge in [0.15, 0.2) is 11.3 Å². The van der Waals surface area contributed by atoms with Gasteiger partial charge >= 0.3 is 0 Å². The van der Waals surface area contributed by atoms with Gasteiger partial charge in [0.05, 0.1) is 12.2 Å². The van der Waals surface area contributed by atoms with E-state index in [0.717, 1.165) is 24.2 Å². The van der Waals surface area contributed by atoms with Crippen molar-refractivity contribution in [1.82, 2.24) is 19.9 Å². The van der Waals surface area contributed by atoms with E-state index in [0.29, 0.717) is 42.3 Å². The summed E-state index contributed by atoms with van der Waals surface area (Å²) >= 11 is 0. The molecule has 0 saturated carbocycles. The third-order valence-electron chi connectivity index (χ3n) is 4.88. The Morgan fingerprint density at radius 3 is 2.80 bits per heavy atom. The largest absolute Gasteiger partial charge is 0.474 e. The Bertz CT molecular complexity index is 1130. The number of carbonyl (C=O) groups excluding carboxylic acids is 1. The first kappa shape index (κ1) is 19.6. The number of amides is 1. The van der Waals surface area contributed by atoms with Crippen LogP contribution in [0.4, 0.5) is 5.69 Å². The van der Waals surface area contributed by atoms with Crippen LogP contribution in [0, 0.1) is 11.8 Å². The van der Waals surface area contributed by atoms with Gasteiger partial charge in [-0.15, -0.1) is 0 Å². The number of ether oxygens (including phenoxy) is 1. The first-order valence-corrected chi connectivity index (χ1v) is 9.93. The average Bonchev–Trinajstić information content (AvgIpc) is 3.17. The molecule has 0 spiro atoms. The van der Waals surface area contributed by atoms with Gasteiger partial charge in [-0.25, -0.2) is 15.0 Å². The highest BCUT2D eigenvalue weighted by Gasteiger charge is 2.20. The Labute approximate surface area is 175 Å². The van der Waals surface area contributed by atoms with Crippen LogP contribution in [0.1, 0.15) is 24.1 Å². The molecule has 0 aliphatic carbocycles. The highest BCUT2D eigenvalue weighted by molar-refractivity contribution is 5.78. The predicted octanol–water partition coefficient (Wildman–Crippen LogP) is 2.49. The molecule has 0 bridgehead atoms. The SMILES string of the molecule is CN(C)c1ccccc1C#Cc1nc2ncccc2nc1OCCN1CCCC1=O. The molecule has 1 aliphatic rings. The maximum Gasteiger partial charge on any atom is 0.249 e. The molecule has 2 aromatic heterocycles. The lowest BCUT2D eigenvalue weighted by Gasteiger charge is -2.16. The Kier molecular flexibility index (Phi) is 5.75. The Hall–Kier alpha value is -3.66. The second-order valence-electron chi connectivity index (χ2n) is 7.22. The third-order valence-corrected chi connectivity index (χ3v) is 4.88. The molecule has 3 aromatic rings. The number of likely N-dealkylation sites (tertiary alicyclic amines) is 1. The highest BCUT2D eigenvalue weighted by Crippen LogP contribution is 2.20. The van der Waals surface area contributed by atoms with Crippen molar-refractivity contribution in [3.8, 4) is 17.7 Å². The quantitative estimate of drug-likeness (QED) is 0.612. The van der Waals surface area contributed by atoms with Gasteiger partial charge in [-0.1, -0.05) is 18.1 Å². The molecule has 7 heteroatoms. The highest BCUT2D eigenvalue weighted by atomic mass is 16.5. The van der Waals surface area contributed by atoms with Crippen molar-refractivity contribution in [3.05, 3.63) is 53.9 Å². The van der Waals surface area contributed by atoms with E-state index in [4.69, 9.17) is 4.74 Å². The van der Waals surface area contributed by atoms with Gasteiger partial charge in [0.1, 0.15) is 12.1 Å². The lowest BCUT2D eigenvalue weighted by atomic mass is 10.1. The van der Waals surface area contributed by atoms with Gasteiger partial charge < -0.3 is 14.5 Å². The van der Waals surface area contributed by atoms with Crippen LogP contribution < -0.4 is 9.64 Å². The molecule has 1 saturated heterocycles. The summed E-state index contributed by atoms with van der Waals surface area (Å²) in [5.41, 5.74) is 3.50. The van der Waals surface area contributed by atoms with E-state index < -0.39 is 0 Å². The molecule has 0 N–H and O–H groups in total. The van der Waals surface area contributed by atoms with E-state index >= 15 is 0 Å². The number of para-hydroxylation sites is 1. The number of nitrogens with zero attached hydrogens (tertiary/aromatic N) is 5. The molecule has 4 rings (SSSR count). The summed E-state index contributed by atoms with van der Waals surface area (Å²) in [6.45, 7) is 1.65. The fourth-order valence-electron chi connectivity index (χ4n) is 3.35. The van der Waals surface area contributed by atoms with E-state index in [1.54, 1.807) is 6.20 Å². The van der Waals surface area contributed by atoms with Crippen LogP contribution in [0.5, 0.6) is 5.88 Å². The van der Waals surface area contributed by atoms with Gasteiger partial charge in [-0.3, -0.25) is 4.79 Å². The van der Waals surface area contributed by atoms with Gasteiger partial charge in [0.25, 0.3) is 0 Å². The number of anilines is 1. The molecule has 1 fully saturated rings. The summed E-state index contributed by atoms with van der Waals surface area (Å²) in [5, 5.41) is 0. The van der Waals surface area contributed by atoms with Gasteiger partial charge in [0, 0.05) is 38.8 Å². The van der Waals surface area contributed by atoms with Crippen LogP contribution in [0.25, 0.3) is 11.2 Å². The molecule has 30 heavy (non-hydrogen) atoms. The van der Waals surface area contributed by atoms with Crippen LogP contribution >= 0.6 is 0 Å². The molecular formula is C23H23N5O2. The molecular weight excluding hydrogens is 378 g/mol. The Morgan fingerprint density at radius 2 is 2.00 bits per heavy atom. The van der Waals surface area contributed by atoms with Crippen molar-refractivity contribution < 1.29 is 9.53 Å². The molecule has 7 nitrogen and oxygen atoms in total. The summed E-state index contributed by atoms with van der Waals surface area (Å²) < 4.78 is 5.91. The van der Waals surface area contributed by atoms with Crippen molar-refractivity contribution in [1.29, 1.82) is 0 Å². The lowest BCUT2D eigenvalue weighted by molar-refractivity contribution is -0.128. The summed E-state index contributed by atoms with van der Waals surface area (Å²) in [6, 6.07) is 11.6. The number of benzene rings is 1. The van der Waals surface area contributed by atoms with Gasteiger partial charge in [-0.05, 0) is 36.6 Å². The molecule has 1 aromatic carbocycles. The maximum atomic E-state index is 11.8. The van der Waals surface area contributed by atoms with Gasteiger partial charge in [-0.2, -0.15) is 0 Å². The Balaban J connectivity index is 1.63. The lowest BCUT2D eigenvalue weighted by Crippen LogP contribution is -2.29. The minimum Gasteiger partial charge on any atom is -0.474 e. The minimum absolute atomic E-state index is 0.174. The van der Waals surface area contributed by atoms with Gasteiger partial charge in [0.2, 0.25) is 11.8 Å². The molecule has 0 radical (unpaired) electrons. The zero-order valence-corrected chi connectivity index (χ0v) is 17.1. The zero-order valence-electron chi connectivity index (χ0n) is 17.1. The van der Waals surface area contributed by atoms with Crippen LogP contribution in [0.2, 0.25) is 0 Å². The van der Waals surface area contributed by atoms with Crippen LogP contribution in [0.15, 0.2) is 42.6 Å². The summed E-state index contributed by atoms with van der Waals surface area (Å²) in [7, 11) is 3.96. The van der Waals surface area contributed by atoms with Crippen LogP contribution in [-0.4, -0.2) is 59.6 Å². The molecule has 3 heterocycles. The standard InChI is InChI=1S/C23H23N5O2/c1-27(2)20-9-4-3-7-17(20)11-12-19-23(26-18-8-5-13-24-22(18)25-19)30-16-15-28-14-6-10-21(28)29/h3-5,7-9,13H,6,10,14-16H2,1-2H3. The zero-order chi connectivity index (χ0) is 20.9. The van der Waals surface area contributed by atoms with Crippen molar-refractivity contribution in [3.63, 3.8) is 0 Å². The van der Waals surface area contributed by atoms with E-state index in [1.165, 1.54) is 0 Å². The second-order valence-corrected chi connectivity index (χ2v) is 7.22. The average molecular weight is 401 g/mol. The summed E-state index contributed by atoms with van der Waals surface area (Å²) in [6.07, 6.45) is 3.20. The first-order valence-electron chi connectivity index (χ1n) is 9.93. The van der Waals surface area contributed by atoms with Crippen molar-refractivity contribution in [2.45, 2.75) is 12.8 Å². The normalized spacial score (nSPS) is 13.3. The smallest absolute Gasteiger partial charge is 0.249 e. The maximum absolute atomic E-state index is 11.8. The fourth-order valence-corrected chi connectivity index (χ4v) is 3.35. The van der Waals surface area contributed by atoms with Crippen LogP contribution in [-0.2, 0) is 4.79 Å². The van der Waals surface area contributed by atoms with Crippen molar-refractivity contribution >= 4 is 22.8 Å². The number of aromatic nitrogens is 3. The van der Waals surface area contributed by atoms with E-state index in [1.807, 2.05) is 60.3 Å². The van der Waals surface area contributed by atoms with Crippen molar-refractivity contribution in [2.24, 2.45) is 0 Å². The number of pyridine rings is 1. The van der Waals surface area contributed by atoms with E-state index in [2.05, 4.69) is 26.8 Å². The van der Waals surface area contributed by atoms with E-state index in [-0.39, 0.29) is 5.91 Å². The molecule has 0 atom stereocenters. The Morgan fingerprint density at radius 1 is 1.13 bits per heavy atom. The topological polar surface area (TPSA) is 71.5 Å². The summed E-state index contributed by atoms with van der Waals surface area (Å²) in [4.78, 5) is 29.0. The molecule has 1 aliphatic heterocycles. The summed E-state index contributed by atoms with van der Waals surface area (Å²) in [5.74, 6) is 6.83. The van der Waals surface area contributed by atoms with Crippen molar-refractivity contribution in [2.75, 3.05) is 38.7 Å². The third kappa shape index (κ3) is 4.33. The monoisotopic (exact) mass is 401 g/mol. The number of hydrogen-bond acceptors (Lipinski definition) is 6. The van der Waals surface area contributed by atoms with Crippen LogP contribution in [0.3, 0.4) is 0 Å². The predicted molar refractivity (Wildman–Crippen MR) is 115 cm³/mol. The number of fused-ring (bicyclic) bond motifs is 1. The molecule has 152 valence electrons. The van der Waals surface area contributed by atoms with E-state index in [9.17, 15) is 4.79 Å².